The van der Waals surface area contributed by atoms with Crippen LogP contribution in [-0.2, 0) is 4.74 Å². The van der Waals surface area contributed by atoms with Crippen molar-refractivity contribution in [3.8, 4) is 0 Å². The van der Waals surface area contributed by atoms with Crippen LogP contribution in [0.3, 0.4) is 0 Å². The molecule has 0 bridgehead atoms. The first-order valence-corrected chi connectivity index (χ1v) is 6.37. The van der Waals surface area contributed by atoms with E-state index in [-0.39, 0.29) is 6.04 Å². The number of nitrogens with zero attached hydrogens (tertiary/aromatic N) is 1. The van der Waals surface area contributed by atoms with Gasteiger partial charge in [-0.05, 0) is 31.2 Å². The fraction of sp³-hybridized carbons (Fsp3) is 0.462. The number of halogens is 1. The molecule has 0 saturated heterocycles. The summed E-state index contributed by atoms with van der Waals surface area (Å²) in [5.41, 5.74) is 0.843. The normalized spacial score (nSPS) is 16.5. The number of hydrogen-bond donors (Lipinski definition) is 1. The molecule has 17 heavy (non-hydrogen) atoms. The van der Waals surface area contributed by atoms with Crippen molar-refractivity contribution in [2.45, 2.75) is 25.8 Å². The van der Waals surface area contributed by atoms with Gasteiger partial charge in [0.1, 0.15) is 11.8 Å². The smallest absolute Gasteiger partial charge is 0.115 e. The van der Waals surface area contributed by atoms with E-state index >= 15 is 0 Å². The van der Waals surface area contributed by atoms with Gasteiger partial charge in [-0.3, -0.25) is 4.98 Å². The van der Waals surface area contributed by atoms with Crippen molar-refractivity contribution in [1.82, 2.24) is 10.3 Å². The topological polar surface area (TPSA) is 34.1 Å². The lowest BCUT2D eigenvalue weighted by molar-refractivity contribution is 0.214. The lowest BCUT2D eigenvalue weighted by atomic mass is 10.1. The fourth-order valence-corrected chi connectivity index (χ4v) is 2.10. The number of aromatic nitrogens is 1. The second-order valence-corrected chi connectivity index (χ2v) is 4.41. The predicted octanol–water partition coefficient (Wildman–Crippen LogP) is 3.08. The van der Waals surface area contributed by atoms with Gasteiger partial charge >= 0.3 is 0 Å². The summed E-state index contributed by atoms with van der Waals surface area (Å²) in [5, 5.41) is 4.11. The molecule has 1 atom stereocenters. The largest absolute Gasteiger partial charge is 0.496 e. The van der Waals surface area contributed by atoms with E-state index < -0.39 is 0 Å². The number of hydrogen-bond acceptors (Lipinski definition) is 3. The van der Waals surface area contributed by atoms with Crippen molar-refractivity contribution in [2.75, 3.05) is 13.2 Å². The van der Waals surface area contributed by atoms with E-state index in [0.717, 1.165) is 37.4 Å². The Hall–Kier alpha value is -1.06. The Morgan fingerprint density at radius 1 is 1.59 bits per heavy atom. The standard InChI is InChI=1S/C13H17ClN2O/c1-2-7-15-13(11-6-4-9-17-11)12-10(14)5-3-8-16-12/h3,5-6,8,13,15H,2,4,7,9H2,1H3. The Morgan fingerprint density at radius 3 is 3.12 bits per heavy atom. The molecule has 0 fully saturated rings. The Kier molecular flexibility index (Phi) is 4.40. The molecule has 1 aliphatic heterocycles. The zero-order valence-corrected chi connectivity index (χ0v) is 10.7. The van der Waals surface area contributed by atoms with Crippen LogP contribution in [0.25, 0.3) is 0 Å². The van der Waals surface area contributed by atoms with Gasteiger partial charge in [-0.2, -0.15) is 0 Å². The molecule has 0 spiro atoms. The van der Waals surface area contributed by atoms with Crippen LogP contribution in [0.2, 0.25) is 5.02 Å². The zero-order chi connectivity index (χ0) is 12.1. The minimum Gasteiger partial charge on any atom is -0.496 e. The van der Waals surface area contributed by atoms with Gasteiger partial charge in [0.05, 0.1) is 17.3 Å². The predicted molar refractivity (Wildman–Crippen MR) is 68.9 cm³/mol. The SMILES string of the molecule is CCCNC(C1=CCCO1)c1ncccc1Cl. The molecule has 0 aliphatic carbocycles. The molecule has 4 heteroatoms. The molecule has 92 valence electrons. The van der Waals surface area contributed by atoms with Crippen molar-refractivity contribution in [1.29, 1.82) is 0 Å². The third-order valence-electron chi connectivity index (χ3n) is 2.68. The van der Waals surface area contributed by atoms with Gasteiger partial charge in [0.25, 0.3) is 0 Å². The molecule has 1 aromatic rings. The second-order valence-electron chi connectivity index (χ2n) is 4.00. The molecule has 0 radical (unpaired) electrons. The molecule has 2 rings (SSSR count). The fourth-order valence-electron chi connectivity index (χ4n) is 1.87. The van der Waals surface area contributed by atoms with Crippen molar-refractivity contribution < 1.29 is 4.74 Å². The van der Waals surface area contributed by atoms with Crippen LogP contribution in [-0.4, -0.2) is 18.1 Å². The number of nitrogens with one attached hydrogen (secondary N) is 1. The number of ether oxygens (including phenoxy) is 1. The number of pyridine rings is 1. The van der Waals surface area contributed by atoms with Gasteiger partial charge in [-0.25, -0.2) is 0 Å². The van der Waals surface area contributed by atoms with E-state index in [1.165, 1.54) is 0 Å². The van der Waals surface area contributed by atoms with Crippen LogP contribution < -0.4 is 5.32 Å². The van der Waals surface area contributed by atoms with Gasteiger partial charge in [0, 0.05) is 12.6 Å². The second kappa shape index (κ2) is 6.03. The van der Waals surface area contributed by atoms with Crippen molar-refractivity contribution in [3.63, 3.8) is 0 Å². The van der Waals surface area contributed by atoms with Crippen LogP contribution in [0.15, 0.2) is 30.2 Å². The summed E-state index contributed by atoms with van der Waals surface area (Å²) in [5.74, 6) is 0.944. The van der Waals surface area contributed by atoms with Crippen LogP contribution >= 0.6 is 11.6 Å². The van der Waals surface area contributed by atoms with E-state index in [1.807, 2.05) is 12.1 Å². The first-order chi connectivity index (χ1) is 8.33. The van der Waals surface area contributed by atoms with E-state index in [0.29, 0.717) is 5.02 Å². The summed E-state index contributed by atoms with van der Waals surface area (Å²) in [6.45, 7) is 3.80. The third-order valence-corrected chi connectivity index (χ3v) is 3.00. The van der Waals surface area contributed by atoms with Crippen LogP contribution in [0.5, 0.6) is 0 Å². The van der Waals surface area contributed by atoms with Gasteiger partial charge in [-0.1, -0.05) is 18.5 Å². The van der Waals surface area contributed by atoms with E-state index in [4.69, 9.17) is 16.3 Å². The lowest BCUT2D eigenvalue weighted by Crippen LogP contribution is -2.25. The summed E-state index contributed by atoms with van der Waals surface area (Å²) < 4.78 is 5.62. The average Bonchev–Trinajstić information content (AvgIpc) is 2.85. The van der Waals surface area contributed by atoms with E-state index in [9.17, 15) is 0 Å². The molecule has 0 saturated carbocycles. The monoisotopic (exact) mass is 252 g/mol. The molecule has 1 aromatic heterocycles. The molecule has 3 nitrogen and oxygen atoms in total. The summed E-state index contributed by atoms with van der Waals surface area (Å²) in [6, 6.07) is 3.68. The van der Waals surface area contributed by atoms with Crippen molar-refractivity contribution >= 4 is 11.6 Å². The van der Waals surface area contributed by atoms with Crippen LogP contribution in [0, 0.1) is 0 Å². The number of rotatable bonds is 5. The zero-order valence-electron chi connectivity index (χ0n) is 9.95. The van der Waals surface area contributed by atoms with Gasteiger partial charge in [0.15, 0.2) is 0 Å². The van der Waals surface area contributed by atoms with Gasteiger partial charge in [-0.15, -0.1) is 0 Å². The molecular weight excluding hydrogens is 236 g/mol. The van der Waals surface area contributed by atoms with Crippen molar-refractivity contribution in [2.24, 2.45) is 0 Å². The quantitative estimate of drug-likeness (QED) is 0.875. The molecule has 0 aromatic carbocycles. The first-order valence-electron chi connectivity index (χ1n) is 5.99. The highest BCUT2D eigenvalue weighted by Gasteiger charge is 2.23. The Labute approximate surface area is 107 Å². The highest BCUT2D eigenvalue weighted by Crippen LogP contribution is 2.29. The molecule has 1 N–H and O–H groups in total. The maximum absolute atomic E-state index is 6.19. The van der Waals surface area contributed by atoms with Crippen LogP contribution in [0.4, 0.5) is 0 Å². The molecule has 0 amide bonds. The van der Waals surface area contributed by atoms with Crippen molar-refractivity contribution in [3.05, 3.63) is 40.9 Å². The summed E-state index contributed by atoms with van der Waals surface area (Å²) in [6.07, 6.45) is 5.90. The van der Waals surface area contributed by atoms with Crippen LogP contribution in [0.1, 0.15) is 31.5 Å². The highest BCUT2D eigenvalue weighted by molar-refractivity contribution is 6.31. The molecule has 2 heterocycles. The molecular formula is C13H17ClN2O. The Bertz CT molecular complexity index is 406. The first kappa shape index (κ1) is 12.4. The summed E-state index contributed by atoms with van der Waals surface area (Å²) in [4.78, 5) is 4.36. The maximum Gasteiger partial charge on any atom is 0.115 e. The average molecular weight is 253 g/mol. The van der Waals surface area contributed by atoms with Gasteiger partial charge in [0.2, 0.25) is 0 Å². The Morgan fingerprint density at radius 2 is 2.47 bits per heavy atom. The van der Waals surface area contributed by atoms with E-state index in [2.05, 4.69) is 23.3 Å². The maximum atomic E-state index is 6.19. The van der Waals surface area contributed by atoms with Gasteiger partial charge < -0.3 is 10.1 Å². The lowest BCUT2D eigenvalue weighted by Gasteiger charge is -2.20. The molecule has 1 aliphatic rings. The summed E-state index contributed by atoms with van der Waals surface area (Å²) in [7, 11) is 0. The third kappa shape index (κ3) is 2.99. The minimum absolute atomic E-state index is 0.0221. The van der Waals surface area contributed by atoms with E-state index in [1.54, 1.807) is 6.20 Å². The highest BCUT2D eigenvalue weighted by atomic mass is 35.5. The Balaban J connectivity index is 2.23. The molecule has 1 unspecified atom stereocenters. The minimum atomic E-state index is -0.0221. The summed E-state index contributed by atoms with van der Waals surface area (Å²) >= 11 is 6.19.